The molecule has 4 aromatic heterocycles. The molecule has 0 spiro atoms. The Morgan fingerprint density at radius 2 is 1.95 bits per heavy atom. The lowest BCUT2D eigenvalue weighted by molar-refractivity contribution is -0.169. The number of carbonyl (C=O) groups excluding carboxylic acids is 1. The van der Waals surface area contributed by atoms with Crippen LogP contribution in [0.2, 0.25) is 0 Å². The molecular formula is C40H44N6O8S2. The molecule has 56 heavy (non-hydrogen) atoms. The molecule has 1 aliphatic carbocycles. The van der Waals surface area contributed by atoms with Gasteiger partial charge in [-0.25, -0.2) is 9.48 Å². The maximum absolute atomic E-state index is 13.5. The fourth-order valence-electron chi connectivity index (χ4n) is 7.80. The second-order valence-corrected chi connectivity index (χ2v) is 16.7. The number of aliphatic hydroxyl groups is 2. The summed E-state index contributed by atoms with van der Waals surface area (Å²) in [4.78, 5) is 32.5. The number of nitrogens with zero attached hydrogens (tertiary/aromatic N) is 4. The summed E-state index contributed by atoms with van der Waals surface area (Å²) < 4.78 is 19.7. The number of thiophene rings is 2. The van der Waals surface area contributed by atoms with Crippen molar-refractivity contribution >= 4 is 50.6 Å². The van der Waals surface area contributed by atoms with Crippen LogP contribution in [0.25, 0.3) is 21.9 Å². The molecule has 5 heterocycles. The smallest absolute Gasteiger partial charge is 0.349 e. The Hall–Kier alpha value is -4.84. The minimum atomic E-state index is -1.80. The molecule has 2 aromatic carbocycles. The summed E-state index contributed by atoms with van der Waals surface area (Å²) >= 11 is 2.76. The van der Waals surface area contributed by atoms with Gasteiger partial charge in [-0.15, -0.1) is 27.8 Å². The lowest BCUT2D eigenvalue weighted by Crippen LogP contribution is -2.42. The first kappa shape index (κ1) is 38.1. The summed E-state index contributed by atoms with van der Waals surface area (Å²) in [6, 6.07) is 15.7. The zero-order valence-corrected chi connectivity index (χ0v) is 32.7. The molecule has 0 saturated heterocycles. The number of aromatic amines is 1. The van der Waals surface area contributed by atoms with E-state index in [0.29, 0.717) is 56.9 Å². The van der Waals surface area contributed by atoms with Gasteiger partial charge in [-0.05, 0) is 100.0 Å². The van der Waals surface area contributed by atoms with E-state index in [1.807, 2.05) is 41.3 Å². The quantitative estimate of drug-likeness (QED) is 0.0924. The standard InChI is InChI=1S/C40H44N6O8S2/c1-23-6-14-33(56-23)40(51,32-5-3-18-55-32)39(50)54-26-9-7-25(8-10-26)45(2)16-4-17-46-36-29(43-44-46)19-24(37-38(36)53-22-52-37)20-41-21-31(48)27-11-13-30(47)35-28(27)12-15-34(49)42-35/h3,5-6,11-15,18-19,25-26,31,41,47-48,51H,4,7-10,16-17,20-22H2,1-2H3,(H,42,49)/t25?,26?,31-,40?/m0/s1. The third kappa shape index (κ3) is 7.40. The Morgan fingerprint density at radius 1 is 1.12 bits per heavy atom. The van der Waals surface area contributed by atoms with E-state index in [9.17, 15) is 24.9 Å². The molecule has 16 heteroatoms. The number of phenols is 1. The van der Waals surface area contributed by atoms with Gasteiger partial charge >= 0.3 is 5.97 Å². The number of aromatic hydroxyl groups is 1. The largest absolute Gasteiger partial charge is 0.506 e. The van der Waals surface area contributed by atoms with Crippen molar-refractivity contribution in [2.75, 3.05) is 26.9 Å². The maximum atomic E-state index is 13.5. The monoisotopic (exact) mass is 800 g/mol. The van der Waals surface area contributed by atoms with Gasteiger partial charge < -0.3 is 44.7 Å². The molecule has 0 radical (unpaired) electrons. The molecule has 1 unspecified atom stereocenters. The van der Waals surface area contributed by atoms with E-state index >= 15 is 0 Å². The Bertz CT molecular complexity index is 2400. The molecule has 5 N–H and O–H groups in total. The van der Waals surface area contributed by atoms with Gasteiger partial charge in [-0.2, -0.15) is 0 Å². The second-order valence-electron chi connectivity index (χ2n) is 14.5. The van der Waals surface area contributed by atoms with Gasteiger partial charge in [0.15, 0.2) is 11.5 Å². The number of carbonyl (C=O) groups is 1. The van der Waals surface area contributed by atoms with Crippen LogP contribution >= 0.6 is 22.7 Å². The highest BCUT2D eigenvalue weighted by Crippen LogP contribution is 2.42. The predicted molar refractivity (Wildman–Crippen MR) is 212 cm³/mol. The van der Waals surface area contributed by atoms with E-state index in [2.05, 4.69) is 32.6 Å². The average Bonchev–Trinajstić information content (AvgIpc) is 4.03. The highest BCUT2D eigenvalue weighted by atomic mass is 32.1. The zero-order valence-electron chi connectivity index (χ0n) is 31.1. The van der Waals surface area contributed by atoms with Gasteiger partial charge in [-0.1, -0.05) is 17.3 Å². The number of phenolic OH excluding ortho intramolecular Hbond substituents is 1. The molecule has 294 valence electrons. The van der Waals surface area contributed by atoms with Gasteiger partial charge in [0, 0.05) is 47.6 Å². The summed E-state index contributed by atoms with van der Waals surface area (Å²) in [6.07, 6.45) is 2.90. The van der Waals surface area contributed by atoms with Crippen molar-refractivity contribution in [1.82, 2.24) is 30.2 Å². The maximum Gasteiger partial charge on any atom is 0.349 e. The molecule has 1 fully saturated rings. The normalized spacial score (nSPS) is 18.4. The topological polar surface area (TPSA) is 184 Å². The number of ether oxygens (including phenoxy) is 3. The van der Waals surface area contributed by atoms with Gasteiger partial charge in [0.05, 0.1) is 21.4 Å². The van der Waals surface area contributed by atoms with E-state index in [1.54, 1.807) is 18.2 Å². The van der Waals surface area contributed by atoms with Crippen molar-refractivity contribution < 1.29 is 34.3 Å². The minimum absolute atomic E-state index is 0.0621. The van der Waals surface area contributed by atoms with Crippen LogP contribution in [0.4, 0.5) is 0 Å². The van der Waals surface area contributed by atoms with Gasteiger partial charge in [-0.3, -0.25) is 4.79 Å². The van der Waals surface area contributed by atoms with Crippen LogP contribution in [-0.2, 0) is 28.2 Å². The van der Waals surface area contributed by atoms with Crippen LogP contribution in [-0.4, -0.2) is 85.2 Å². The molecule has 8 rings (SSSR count). The molecule has 1 saturated carbocycles. The van der Waals surface area contributed by atoms with Crippen molar-refractivity contribution in [3.05, 3.63) is 96.1 Å². The average molecular weight is 801 g/mol. The number of benzene rings is 2. The summed E-state index contributed by atoms with van der Waals surface area (Å²) in [5.41, 5.74) is 0.997. The SMILES string of the molecule is Cc1ccc(C(O)(C(=O)OC2CCC(N(C)CCCn3nnc4cc(CNC[C@H](O)c5ccc(O)c6[nH]c(=O)ccc56)c5c(c43)OCO5)CC2)c2cccs2)s1. The predicted octanol–water partition coefficient (Wildman–Crippen LogP) is 5.07. The lowest BCUT2D eigenvalue weighted by atomic mass is 9.91. The third-order valence-electron chi connectivity index (χ3n) is 10.8. The first-order valence-corrected chi connectivity index (χ1v) is 20.4. The van der Waals surface area contributed by atoms with Crippen LogP contribution in [0.1, 0.15) is 64.0 Å². The lowest BCUT2D eigenvalue weighted by Gasteiger charge is -2.35. The number of esters is 1. The first-order valence-electron chi connectivity index (χ1n) is 18.7. The number of aryl methyl sites for hydroxylation is 2. The van der Waals surface area contributed by atoms with Gasteiger partial charge in [0.25, 0.3) is 0 Å². The van der Waals surface area contributed by atoms with Crippen molar-refractivity contribution in [1.29, 1.82) is 0 Å². The van der Waals surface area contributed by atoms with Crippen molar-refractivity contribution in [3.63, 3.8) is 0 Å². The van der Waals surface area contributed by atoms with Crippen LogP contribution in [0, 0.1) is 6.92 Å². The van der Waals surface area contributed by atoms with E-state index in [0.717, 1.165) is 54.6 Å². The summed E-state index contributed by atoms with van der Waals surface area (Å²) in [7, 11) is 2.13. The summed E-state index contributed by atoms with van der Waals surface area (Å²) in [5.74, 6) is 0.541. The molecule has 2 aliphatic rings. The van der Waals surface area contributed by atoms with Gasteiger partial charge in [0.2, 0.25) is 18.0 Å². The highest BCUT2D eigenvalue weighted by molar-refractivity contribution is 7.13. The molecular weight excluding hydrogens is 757 g/mol. The van der Waals surface area contributed by atoms with Crippen molar-refractivity contribution in [2.45, 2.75) is 76.0 Å². The number of fused-ring (bicyclic) bond motifs is 4. The highest BCUT2D eigenvalue weighted by Gasteiger charge is 2.45. The Morgan fingerprint density at radius 3 is 2.71 bits per heavy atom. The molecule has 2 atom stereocenters. The van der Waals surface area contributed by atoms with Crippen LogP contribution < -0.4 is 20.3 Å². The van der Waals surface area contributed by atoms with E-state index in [1.165, 1.54) is 34.8 Å². The van der Waals surface area contributed by atoms with Crippen molar-refractivity contribution in [3.8, 4) is 17.2 Å². The molecule has 6 aromatic rings. The number of H-pyrrole nitrogens is 1. The van der Waals surface area contributed by atoms with Crippen LogP contribution in [0.3, 0.4) is 0 Å². The second kappa shape index (κ2) is 16.0. The van der Waals surface area contributed by atoms with Crippen molar-refractivity contribution in [2.24, 2.45) is 0 Å². The Kier molecular flexibility index (Phi) is 10.8. The number of rotatable bonds is 14. The van der Waals surface area contributed by atoms with Gasteiger partial charge in [0.1, 0.15) is 22.9 Å². The van der Waals surface area contributed by atoms with E-state index < -0.39 is 17.7 Å². The molecule has 0 amide bonds. The number of aromatic nitrogens is 4. The third-order valence-corrected chi connectivity index (χ3v) is 12.9. The number of pyridine rings is 1. The van der Waals surface area contributed by atoms with E-state index in [-0.39, 0.29) is 36.3 Å². The zero-order chi connectivity index (χ0) is 39.0. The number of hydrogen-bond donors (Lipinski definition) is 5. The first-order chi connectivity index (χ1) is 27.1. The molecule has 1 aliphatic heterocycles. The minimum Gasteiger partial charge on any atom is -0.506 e. The summed E-state index contributed by atoms with van der Waals surface area (Å²) in [6.45, 7) is 4.07. The van der Waals surface area contributed by atoms with Crippen LogP contribution in [0.15, 0.2) is 64.8 Å². The molecule has 0 bridgehead atoms. The fourth-order valence-corrected chi connectivity index (χ4v) is 9.65. The fraction of sp³-hybridized carbons (Fsp3) is 0.400. The number of hydrogen-bond acceptors (Lipinski definition) is 14. The number of aliphatic hydroxyl groups excluding tert-OH is 1. The number of nitrogens with one attached hydrogen (secondary N) is 2. The molecule has 14 nitrogen and oxygen atoms in total. The van der Waals surface area contributed by atoms with Crippen LogP contribution in [0.5, 0.6) is 17.2 Å². The van der Waals surface area contributed by atoms with E-state index in [4.69, 9.17) is 14.2 Å². The Balaban J connectivity index is 0.843. The summed E-state index contributed by atoms with van der Waals surface area (Å²) in [5, 5.41) is 47.5. The Labute approximate surface area is 330 Å².